The van der Waals surface area contributed by atoms with Crippen LogP contribution >= 0.6 is 15.9 Å². The Bertz CT molecular complexity index is 622. The van der Waals surface area contributed by atoms with Gasteiger partial charge in [-0.2, -0.15) is 0 Å². The third-order valence-corrected chi connectivity index (χ3v) is 4.36. The van der Waals surface area contributed by atoms with Gasteiger partial charge in [0.25, 0.3) is 0 Å². The molecule has 3 heteroatoms. The first-order valence-electron chi connectivity index (χ1n) is 6.85. The van der Waals surface area contributed by atoms with Crippen molar-refractivity contribution >= 4 is 15.9 Å². The van der Waals surface area contributed by atoms with Crippen LogP contribution in [-0.2, 0) is 6.42 Å². The Morgan fingerprint density at radius 3 is 2.70 bits per heavy atom. The van der Waals surface area contributed by atoms with E-state index in [0.29, 0.717) is 16.8 Å². The van der Waals surface area contributed by atoms with Crippen molar-refractivity contribution in [3.05, 3.63) is 69.4 Å². The molecule has 0 bridgehead atoms. The van der Waals surface area contributed by atoms with Gasteiger partial charge in [0, 0.05) is 6.42 Å². The van der Waals surface area contributed by atoms with Crippen LogP contribution in [0.2, 0.25) is 0 Å². The Kier molecular flexibility index (Phi) is 3.90. The third kappa shape index (κ3) is 3.10. The Morgan fingerprint density at radius 2 is 2.00 bits per heavy atom. The standard InChI is InChI=1S/C17H16BrFO/c18-15-8-11(4-7-16(15)19)9-17(20)14-3-1-2-13(10-14)12-5-6-12/h1-4,7-8,10,12,17,20H,5-6,9H2. The summed E-state index contributed by atoms with van der Waals surface area (Å²) in [6, 6.07) is 13.1. The maximum Gasteiger partial charge on any atom is 0.137 e. The minimum Gasteiger partial charge on any atom is -0.388 e. The van der Waals surface area contributed by atoms with E-state index in [0.717, 1.165) is 11.1 Å². The van der Waals surface area contributed by atoms with Crippen LogP contribution in [0.1, 0.15) is 41.6 Å². The fourth-order valence-corrected chi connectivity index (χ4v) is 2.87. The summed E-state index contributed by atoms with van der Waals surface area (Å²) in [6.45, 7) is 0. The summed E-state index contributed by atoms with van der Waals surface area (Å²) < 4.78 is 13.6. The van der Waals surface area contributed by atoms with E-state index in [1.54, 1.807) is 12.1 Å². The van der Waals surface area contributed by atoms with Crippen molar-refractivity contribution in [3.63, 3.8) is 0 Å². The highest BCUT2D eigenvalue weighted by atomic mass is 79.9. The number of benzene rings is 2. The normalized spacial score (nSPS) is 16.1. The van der Waals surface area contributed by atoms with Gasteiger partial charge in [-0.05, 0) is 63.5 Å². The maximum absolute atomic E-state index is 13.2. The van der Waals surface area contributed by atoms with Gasteiger partial charge >= 0.3 is 0 Å². The van der Waals surface area contributed by atoms with Gasteiger partial charge in [0.1, 0.15) is 5.82 Å². The molecule has 1 aliphatic rings. The molecule has 3 rings (SSSR count). The van der Waals surface area contributed by atoms with Gasteiger partial charge in [-0.1, -0.05) is 30.3 Å². The number of aliphatic hydroxyl groups excluding tert-OH is 1. The van der Waals surface area contributed by atoms with Gasteiger partial charge in [0.15, 0.2) is 0 Å². The summed E-state index contributed by atoms with van der Waals surface area (Å²) in [5.74, 6) is 0.404. The molecular formula is C17H16BrFO. The van der Waals surface area contributed by atoms with Crippen molar-refractivity contribution in [2.75, 3.05) is 0 Å². The summed E-state index contributed by atoms with van der Waals surface area (Å²) in [7, 11) is 0. The van der Waals surface area contributed by atoms with Crippen LogP contribution in [0.25, 0.3) is 0 Å². The lowest BCUT2D eigenvalue weighted by Crippen LogP contribution is -2.02. The summed E-state index contributed by atoms with van der Waals surface area (Å²) in [5.41, 5.74) is 3.18. The first kappa shape index (κ1) is 13.8. The molecule has 2 aromatic rings. The minimum atomic E-state index is -0.550. The second kappa shape index (κ2) is 5.66. The minimum absolute atomic E-state index is 0.279. The van der Waals surface area contributed by atoms with Crippen LogP contribution in [0, 0.1) is 5.82 Å². The van der Waals surface area contributed by atoms with Crippen LogP contribution in [0.4, 0.5) is 4.39 Å². The van der Waals surface area contributed by atoms with Gasteiger partial charge in [-0.3, -0.25) is 0 Å². The summed E-state index contributed by atoms with van der Waals surface area (Å²) in [5, 5.41) is 10.4. The molecule has 1 aliphatic carbocycles. The Hall–Kier alpha value is -1.19. The van der Waals surface area contributed by atoms with Crippen LogP contribution in [-0.4, -0.2) is 5.11 Å². The van der Waals surface area contributed by atoms with E-state index in [1.165, 1.54) is 24.5 Å². The highest BCUT2D eigenvalue weighted by Crippen LogP contribution is 2.40. The SMILES string of the molecule is OC(Cc1ccc(F)c(Br)c1)c1cccc(C2CC2)c1. The molecule has 104 valence electrons. The smallest absolute Gasteiger partial charge is 0.137 e. The second-order valence-corrected chi connectivity index (χ2v) is 6.27. The monoisotopic (exact) mass is 334 g/mol. The molecule has 1 unspecified atom stereocenters. The molecule has 0 amide bonds. The van der Waals surface area contributed by atoms with E-state index in [1.807, 2.05) is 12.1 Å². The number of hydrogen-bond donors (Lipinski definition) is 1. The molecule has 0 heterocycles. The van der Waals surface area contributed by atoms with Crippen molar-refractivity contribution in [1.29, 1.82) is 0 Å². The molecule has 0 spiro atoms. The van der Waals surface area contributed by atoms with Crippen molar-refractivity contribution in [2.45, 2.75) is 31.3 Å². The zero-order valence-electron chi connectivity index (χ0n) is 11.0. The molecule has 0 radical (unpaired) electrons. The van der Waals surface area contributed by atoms with Gasteiger partial charge in [-0.15, -0.1) is 0 Å². The third-order valence-electron chi connectivity index (χ3n) is 3.76. The van der Waals surface area contributed by atoms with Crippen LogP contribution in [0.15, 0.2) is 46.9 Å². The molecule has 1 saturated carbocycles. The molecule has 1 atom stereocenters. The predicted molar refractivity (Wildman–Crippen MR) is 81.2 cm³/mol. The predicted octanol–water partition coefficient (Wildman–Crippen LogP) is 4.74. The number of rotatable bonds is 4. The van der Waals surface area contributed by atoms with Crippen molar-refractivity contribution in [1.82, 2.24) is 0 Å². The van der Waals surface area contributed by atoms with Crippen LogP contribution < -0.4 is 0 Å². The lowest BCUT2D eigenvalue weighted by molar-refractivity contribution is 0.178. The largest absolute Gasteiger partial charge is 0.388 e. The zero-order chi connectivity index (χ0) is 14.1. The average Bonchev–Trinajstić information content (AvgIpc) is 3.28. The molecule has 1 fully saturated rings. The molecule has 20 heavy (non-hydrogen) atoms. The number of halogens is 2. The van der Waals surface area contributed by atoms with Gasteiger partial charge in [0.2, 0.25) is 0 Å². The lowest BCUT2D eigenvalue weighted by atomic mass is 9.98. The quantitative estimate of drug-likeness (QED) is 0.855. The van der Waals surface area contributed by atoms with Crippen LogP contribution in [0.3, 0.4) is 0 Å². The van der Waals surface area contributed by atoms with E-state index in [9.17, 15) is 9.50 Å². The molecule has 0 aromatic heterocycles. The maximum atomic E-state index is 13.2. The van der Waals surface area contributed by atoms with Gasteiger partial charge in [0.05, 0.1) is 10.6 Å². The molecule has 0 saturated heterocycles. The fraction of sp³-hybridized carbons (Fsp3) is 0.294. The lowest BCUT2D eigenvalue weighted by Gasteiger charge is -2.13. The van der Waals surface area contributed by atoms with Crippen molar-refractivity contribution < 1.29 is 9.50 Å². The molecule has 0 aliphatic heterocycles. The van der Waals surface area contributed by atoms with E-state index in [4.69, 9.17) is 0 Å². The van der Waals surface area contributed by atoms with E-state index in [-0.39, 0.29) is 5.82 Å². The molecule has 1 N–H and O–H groups in total. The molecular weight excluding hydrogens is 319 g/mol. The topological polar surface area (TPSA) is 20.2 Å². The molecule has 2 aromatic carbocycles. The Morgan fingerprint density at radius 1 is 1.20 bits per heavy atom. The zero-order valence-corrected chi connectivity index (χ0v) is 12.6. The number of aliphatic hydroxyl groups is 1. The van der Waals surface area contributed by atoms with Crippen molar-refractivity contribution in [3.8, 4) is 0 Å². The highest BCUT2D eigenvalue weighted by Gasteiger charge is 2.24. The Labute approximate surface area is 126 Å². The van der Waals surface area contributed by atoms with E-state index < -0.39 is 6.10 Å². The number of hydrogen-bond acceptors (Lipinski definition) is 1. The fourth-order valence-electron chi connectivity index (χ4n) is 2.44. The van der Waals surface area contributed by atoms with Crippen molar-refractivity contribution in [2.24, 2.45) is 0 Å². The van der Waals surface area contributed by atoms with E-state index in [2.05, 4.69) is 28.1 Å². The van der Waals surface area contributed by atoms with Gasteiger partial charge in [-0.25, -0.2) is 4.39 Å². The average molecular weight is 335 g/mol. The summed E-state index contributed by atoms with van der Waals surface area (Å²) in [4.78, 5) is 0. The first-order chi connectivity index (χ1) is 9.63. The first-order valence-corrected chi connectivity index (χ1v) is 7.64. The summed E-state index contributed by atoms with van der Waals surface area (Å²) >= 11 is 3.17. The molecule has 1 nitrogen and oxygen atoms in total. The Balaban J connectivity index is 1.76. The van der Waals surface area contributed by atoms with Crippen LogP contribution in [0.5, 0.6) is 0 Å². The second-order valence-electron chi connectivity index (χ2n) is 5.41. The highest BCUT2D eigenvalue weighted by molar-refractivity contribution is 9.10. The summed E-state index contributed by atoms with van der Waals surface area (Å²) in [6.07, 6.45) is 2.45. The van der Waals surface area contributed by atoms with E-state index >= 15 is 0 Å². The van der Waals surface area contributed by atoms with Gasteiger partial charge < -0.3 is 5.11 Å².